The summed E-state index contributed by atoms with van der Waals surface area (Å²) in [7, 11) is 0. The second kappa shape index (κ2) is 23.0. The van der Waals surface area contributed by atoms with Gasteiger partial charge in [-0.15, -0.1) is 66.2 Å². The summed E-state index contributed by atoms with van der Waals surface area (Å²) in [5, 5.41) is 8.35. The van der Waals surface area contributed by atoms with Crippen LogP contribution in [0.5, 0.6) is 0 Å². The van der Waals surface area contributed by atoms with Gasteiger partial charge in [0.15, 0.2) is 0 Å². The number of nitrogens with zero attached hydrogens (tertiary/aromatic N) is 3. The van der Waals surface area contributed by atoms with Crippen LogP contribution >= 0.6 is 0 Å². The molecule has 0 fully saturated rings. The van der Waals surface area contributed by atoms with E-state index < -0.39 is 5.97 Å². The molecule has 68 heavy (non-hydrogen) atoms. The molecule has 7 aromatic carbocycles. The second-order valence-corrected chi connectivity index (χ2v) is 16.3. The third-order valence-electron chi connectivity index (χ3n) is 11.8. The molecule has 0 amide bonds. The van der Waals surface area contributed by atoms with Gasteiger partial charge >= 0.3 is 0 Å². The molecular formula is C62H47IrN3O2-2. The van der Waals surface area contributed by atoms with Gasteiger partial charge in [0, 0.05) is 56.7 Å². The van der Waals surface area contributed by atoms with E-state index in [4.69, 9.17) is 10.1 Å². The van der Waals surface area contributed by atoms with Crippen LogP contribution in [0.2, 0.25) is 0 Å². The topological polar surface area (TPSA) is 76.0 Å². The largest absolute Gasteiger partial charge is 0.521 e. The van der Waals surface area contributed by atoms with Gasteiger partial charge in [-0.25, -0.2) is 0 Å². The molecule has 0 atom stereocenters. The number of hydrogen-bond acceptors (Lipinski definition) is 4. The molecule has 10 rings (SSSR count). The van der Waals surface area contributed by atoms with Gasteiger partial charge in [-0.2, -0.15) is 0 Å². The molecule has 333 valence electrons. The zero-order valence-corrected chi connectivity index (χ0v) is 39.7. The average Bonchev–Trinajstić information content (AvgIpc) is 3.41. The average molecular weight is 1060 g/mol. The third-order valence-corrected chi connectivity index (χ3v) is 11.8. The van der Waals surface area contributed by atoms with E-state index in [0.717, 1.165) is 59.2 Å². The first-order chi connectivity index (χ1) is 33.0. The van der Waals surface area contributed by atoms with Crippen LogP contribution in [0.4, 0.5) is 0 Å². The van der Waals surface area contributed by atoms with Crippen LogP contribution in [0.3, 0.4) is 0 Å². The molecule has 3 heterocycles. The van der Waals surface area contributed by atoms with Gasteiger partial charge in [0.25, 0.3) is 0 Å². The van der Waals surface area contributed by atoms with Crippen molar-refractivity contribution in [1.29, 1.82) is 0 Å². The molecule has 0 spiro atoms. The van der Waals surface area contributed by atoms with E-state index in [9.17, 15) is 4.79 Å². The monoisotopic (exact) mass is 1060 g/mol. The molecule has 0 aliphatic carbocycles. The molecule has 10 aromatic rings. The summed E-state index contributed by atoms with van der Waals surface area (Å²) < 4.78 is 0. The number of aryl methyl sites for hydroxylation is 4. The number of benzene rings is 7. The van der Waals surface area contributed by atoms with Gasteiger partial charge in [-0.1, -0.05) is 145 Å². The van der Waals surface area contributed by atoms with E-state index in [0.29, 0.717) is 0 Å². The van der Waals surface area contributed by atoms with Gasteiger partial charge in [-0.05, 0) is 116 Å². The molecule has 0 unspecified atom stereocenters. The first-order valence-corrected chi connectivity index (χ1v) is 22.5. The van der Waals surface area contributed by atoms with Gasteiger partial charge in [0.05, 0.1) is 0 Å². The van der Waals surface area contributed by atoms with Crippen LogP contribution < -0.4 is 0 Å². The molecule has 0 aliphatic rings. The summed E-state index contributed by atoms with van der Waals surface area (Å²) in [5.74, 6) is -0.935. The summed E-state index contributed by atoms with van der Waals surface area (Å²) in [6, 6.07) is 75.3. The van der Waals surface area contributed by atoms with Gasteiger partial charge in [0.2, 0.25) is 5.97 Å². The van der Waals surface area contributed by atoms with E-state index in [1.807, 2.05) is 55.1 Å². The van der Waals surface area contributed by atoms with Crippen molar-refractivity contribution in [1.82, 2.24) is 15.0 Å². The number of carboxylic acids is 1. The third kappa shape index (κ3) is 11.9. The maximum absolute atomic E-state index is 10.2. The Morgan fingerprint density at radius 3 is 1.44 bits per heavy atom. The minimum atomic E-state index is -0.935. The Morgan fingerprint density at radius 1 is 0.412 bits per heavy atom. The number of pyridine rings is 3. The van der Waals surface area contributed by atoms with Crippen molar-refractivity contribution in [3.8, 4) is 66.9 Å². The summed E-state index contributed by atoms with van der Waals surface area (Å²) in [4.78, 5) is 24.0. The first-order valence-electron chi connectivity index (χ1n) is 22.5. The quantitative estimate of drug-likeness (QED) is 0.116. The minimum absolute atomic E-state index is 0. The molecule has 0 saturated heterocycles. The zero-order chi connectivity index (χ0) is 45.6. The Bertz CT molecular complexity index is 3110. The van der Waals surface area contributed by atoms with Crippen LogP contribution in [0.15, 0.2) is 231 Å². The summed E-state index contributed by atoms with van der Waals surface area (Å²) in [6.07, 6.45) is 13.4. The molecule has 5 nitrogen and oxygen atoms in total. The van der Waals surface area contributed by atoms with Crippen molar-refractivity contribution >= 4 is 5.97 Å². The molecule has 0 saturated carbocycles. The Morgan fingerprint density at radius 2 is 0.926 bits per heavy atom. The van der Waals surface area contributed by atoms with Gasteiger partial charge < -0.3 is 14.9 Å². The predicted octanol–water partition coefficient (Wildman–Crippen LogP) is 14.4. The van der Waals surface area contributed by atoms with E-state index in [-0.39, 0.29) is 25.7 Å². The standard InChI is InChI=1S/C55H42N3.C7H5O2.Ir/c1-3-13-44(14-4-1)45-23-25-46(26-24-45)47-27-29-48(30-28-47)53-36-55(49-15-5-2-6-16-49)58-39-54(53)52-18-8-7-17-51(52)50-34-42(21-19-40-11-9-31-56-37-40)33-43(35-50)22-20-41-12-10-32-57-38-41;8-7(9)6-4-2-1-3-5-6;/h1-15,17-18,23-39H,19-22H2;1-4H,(H,8,9);/q2*-1;. The second-order valence-electron chi connectivity index (χ2n) is 16.3. The molecule has 1 radical (unpaired) electrons. The molecule has 3 aromatic heterocycles. The predicted molar refractivity (Wildman–Crippen MR) is 271 cm³/mol. The fourth-order valence-electron chi connectivity index (χ4n) is 8.31. The normalized spacial score (nSPS) is 10.6. The smallest absolute Gasteiger partial charge is 0.247 e. The fraction of sp³-hybridized carbons (Fsp3) is 0.0645. The number of aromatic carboxylic acids is 1. The number of hydrogen-bond donors (Lipinski definition) is 1. The summed E-state index contributed by atoms with van der Waals surface area (Å²) in [6.45, 7) is 0. The van der Waals surface area contributed by atoms with Crippen molar-refractivity contribution in [3.63, 3.8) is 0 Å². The minimum Gasteiger partial charge on any atom is -0.521 e. The van der Waals surface area contributed by atoms with Crippen LogP contribution in [-0.2, 0) is 45.8 Å². The molecular weight excluding hydrogens is 1010 g/mol. The Labute approximate surface area is 412 Å². The SMILES string of the molecule is O=C(O)c1[c-]cccc1.[Ir].[c-]1ccccc1-c1cc(-c2ccc(-c3ccc(-c4ccccc4)cc3)cc2)c(-c2ccccc2-c2cc(CCc3cccnc3)cc(CCc3cccnc3)c2)cn1. The number of carboxylic acid groups (broad SMARTS) is 1. The molecule has 0 bridgehead atoms. The summed E-state index contributed by atoms with van der Waals surface area (Å²) in [5.41, 5.74) is 18.9. The molecule has 0 aliphatic heterocycles. The van der Waals surface area contributed by atoms with Gasteiger partial charge in [0.1, 0.15) is 0 Å². The van der Waals surface area contributed by atoms with Crippen LogP contribution in [0.1, 0.15) is 32.6 Å². The Balaban J connectivity index is 0.000000563. The van der Waals surface area contributed by atoms with E-state index in [1.54, 1.807) is 18.2 Å². The maximum Gasteiger partial charge on any atom is 0.247 e. The van der Waals surface area contributed by atoms with Crippen LogP contribution in [0.25, 0.3) is 66.9 Å². The fourth-order valence-corrected chi connectivity index (χ4v) is 8.31. The summed E-state index contributed by atoms with van der Waals surface area (Å²) >= 11 is 0. The first kappa shape index (κ1) is 46.6. The number of rotatable bonds is 13. The van der Waals surface area contributed by atoms with Crippen molar-refractivity contribution in [2.45, 2.75) is 25.7 Å². The maximum atomic E-state index is 10.2. The molecule has 1 N–H and O–H groups in total. The zero-order valence-electron chi connectivity index (χ0n) is 37.3. The Hall–Kier alpha value is -7.89. The van der Waals surface area contributed by atoms with E-state index in [2.05, 4.69) is 174 Å². The van der Waals surface area contributed by atoms with Crippen molar-refractivity contribution in [3.05, 3.63) is 271 Å². The van der Waals surface area contributed by atoms with Crippen molar-refractivity contribution in [2.24, 2.45) is 0 Å². The van der Waals surface area contributed by atoms with Crippen LogP contribution in [0, 0.1) is 12.1 Å². The van der Waals surface area contributed by atoms with Gasteiger partial charge in [-0.3, -0.25) is 9.97 Å². The molecule has 6 heteroatoms. The van der Waals surface area contributed by atoms with E-state index >= 15 is 0 Å². The number of aromatic nitrogens is 3. The van der Waals surface area contributed by atoms with Crippen molar-refractivity contribution < 1.29 is 30.0 Å². The number of carbonyl (C=O) groups is 1. The van der Waals surface area contributed by atoms with Crippen LogP contribution in [-0.4, -0.2) is 26.0 Å². The van der Waals surface area contributed by atoms with Crippen molar-refractivity contribution in [2.75, 3.05) is 0 Å². The van der Waals surface area contributed by atoms with E-state index in [1.165, 1.54) is 61.7 Å². The Kier molecular flexibility index (Phi) is 15.8.